The lowest BCUT2D eigenvalue weighted by Gasteiger charge is -2.20. The summed E-state index contributed by atoms with van der Waals surface area (Å²) >= 11 is 6.40. The van der Waals surface area contributed by atoms with E-state index in [0.29, 0.717) is 17.3 Å². The third-order valence-electron chi connectivity index (χ3n) is 5.32. The fraction of sp³-hybridized carbons (Fsp3) is 0.238. The van der Waals surface area contributed by atoms with Crippen molar-refractivity contribution in [3.05, 3.63) is 85.8 Å². The molecular formula is C21H19ClN4O4. The normalized spacial score (nSPS) is 15.9. The fourth-order valence-corrected chi connectivity index (χ4v) is 3.92. The molecule has 2 aromatic carbocycles. The van der Waals surface area contributed by atoms with Crippen LogP contribution in [0.15, 0.2) is 59.5 Å². The maximum absolute atomic E-state index is 12.8. The third-order valence-corrected chi connectivity index (χ3v) is 5.68. The molecule has 1 atom stereocenters. The lowest BCUT2D eigenvalue weighted by molar-refractivity contribution is -0.384. The van der Waals surface area contributed by atoms with Gasteiger partial charge in [-0.1, -0.05) is 23.7 Å². The molecule has 0 spiro atoms. The van der Waals surface area contributed by atoms with Crippen LogP contribution in [-0.4, -0.2) is 34.9 Å². The predicted molar refractivity (Wildman–Crippen MR) is 114 cm³/mol. The highest BCUT2D eigenvalue weighted by molar-refractivity contribution is 6.33. The zero-order chi connectivity index (χ0) is 21.3. The standard InChI is InChI=1S/C21H19ClN4O4/c1-30-18-8-2-14(3-9-18)15-10-11-24(13-15)19-12-23-25(21(27)20(19)22)16-4-6-17(7-5-16)26(28)29/h2-9,12,15H,10-11,13H2,1H3. The number of nitrogens with zero attached hydrogens (tertiary/aromatic N) is 4. The molecule has 9 heteroatoms. The average molecular weight is 427 g/mol. The maximum atomic E-state index is 12.8. The van der Waals surface area contributed by atoms with E-state index in [-0.39, 0.29) is 10.7 Å². The number of halogens is 1. The van der Waals surface area contributed by atoms with Crippen molar-refractivity contribution < 1.29 is 9.66 Å². The number of hydrogen-bond donors (Lipinski definition) is 0. The first-order valence-electron chi connectivity index (χ1n) is 9.39. The van der Waals surface area contributed by atoms with Gasteiger partial charge in [-0.15, -0.1) is 0 Å². The molecule has 0 radical (unpaired) electrons. The molecule has 0 saturated carbocycles. The summed E-state index contributed by atoms with van der Waals surface area (Å²) in [6, 6.07) is 13.6. The molecule has 3 aromatic rings. The Morgan fingerprint density at radius 3 is 2.50 bits per heavy atom. The van der Waals surface area contributed by atoms with Gasteiger partial charge in [-0.25, -0.2) is 0 Å². The first kappa shape index (κ1) is 19.9. The van der Waals surface area contributed by atoms with Crippen LogP contribution < -0.4 is 15.2 Å². The summed E-state index contributed by atoms with van der Waals surface area (Å²) < 4.78 is 6.36. The highest BCUT2D eigenvalue weighted by Crippen LogP contribution is 2.33. The van der Waals surface area contributed by atoms with Crippen molar-refractivity contribution in [1.82, 2.24) is 9.78 Å². The number of non-ortho nitro benzene ring substituents is 1. The summed E-state index contributed by atoms with van der Waals surface area (Å²) in [5.74, 6) is 1.14. The number of aromatic nitrogens is 2. The summed E-state index contributed by atoms with van der Waals surface area (Å²) in [7, 11) is 1.64. The first-order valence-corrected chi connectivity index (χ1v) is 9.77. The van der Waals surface area contributed by atoms with Crippen LogP contribution in [0, 0.1) is 10.1 Å². The quantitative estimate of drug-likeness (QED) is 0.455. The average Bonchev–Trinajstić information content (AvgIpc) is 3.25. The van der Waals surface area contributed by atoms with Crippen LogP contribution in [0.5, 0.6) is 5.75 Å². The Morgan fingerprint density at radius 1 is 1.17 bits per heavy atom. The molecule has 30 heavy (non-hydrogen) atoms. The summed E-state index contributed by atoms with van der Waals surface area (Å²) in [5.41, 5.74) is 1.70. The van der Waals surface area contributed by atoms with Crippen molar-refractivity contribution in [3.8, 4) is 11.4 Å². The molecule has 8 nitrogen and oxygen atoms in total. The van der Waals surface area contributed by atoms with Crippen molar-refractivity contribution >= 4 is 23.0 Å². The lowest BCUT2D eigenvalue weighted by Crippen LogP contribution is -2.27. The van der Waals surface area contributed by atoms with Crippen LogP contribution >= 0.6 is 11.6 Å². The van der Waals surface area contributed by atoms with Crippen LogP contribution in [0.1, 0.15) is 17.9 Å². The summed E-state index contributed by atoms with van der Waals surface area (Å²) in [6.45, 7) is 1.49. The first-order chi connectivity index (χ1) is 14.5. The van der Waals surface area contributed by atoms with Gasteiger partial charge < -0.3 is 9.64 Å². The molecule has 0 bridgehead atoms. The van der Waals surface area contributed by atoms with Gasteiger partial charge >= 0.3 is 0 Å². The van der Waals surface area contributed by atoms with Crippen molar-refractivity contribution in [2.24, 2.45) is 0 Å². The molecule has 0 aliphatic carbocycles. The smallest absolute Gasteiger partial charge is 0.292 e. The van der Waals surface area contributed by atoms with Gasteiger partial charge in [0.25, 0.3) is 11.2 Å². The zero-order valence-electron chi connectivity index (χ0n) is 16.2. The Hall–Kier alpha value is -3.39. The molecule has 0 amide bonds. The Balaban J connectivity index is 1.56. The molecule has 1 aliphatic heterocycles. The maximum Gasteiger partial charge on any atom is 0.292 e. The molecule has 154 valence electrons. The van der Waals surface area contributed by atoms with Crippen LogP contribution in [0.4, 0.5) is 11.4 Å². The van der Waals surface area contributed by atoms with E-state index in [4.69, 9.17) is 16.3 Å². The lowest BCUT2D eigenvalue weighted by atomic mass is 9.98. The highest BCUT2D eigenvalue weighted by Gasteiger charge is 2.27. The molecule has 0 N–H and O–H groups in total. The predicted octanol–water partition coefficient (Wildman–Crippen LogP) is 3.80. The largest absolute Gasteiger partial charge is 0.497 e. The van der Waals surface area contributed by atoms with E-state index in [1.54, 1.807) is 13.3 Å². The number of benzene rings is 2. The van der Waals surface area contributed by atoms with Gasteiger partial charge in [0, 0.05) is 31.1 Å². The van der Waals surface area contributed by atoms with Crippen molar-refractivity contribution in [1.29, 1.82) is 0 Å². The fourth-order valence-electron chi connectivity index (χ4n) is 3.67. The second kappa shape index (κ2) is 8.16. The Labute approximate surface area is 177 Å². The number of methoxy groups -OCH3 is 1. The minimum atomic E-state index is -0.497. The number of nitro groups is 1. The van der Waals surface area contributed by atoms with Gasteiger partial charge in [-0.05, 0) is 36.2 Å². The minimum absolute atomic E-state index is 0.0591. The number of nitro benzene ring substituents is 1. The molecule has 2 heterocycles. The van der Waals surface area contributed by atoms with E-state index in [1.807, 2.05) is 12.1 Å². The van der Waals surface area contributed by atoms with Gasteiger partial charge in [-0.3, -0.25) is 14.9 Å². The minimum Gasteiger partial charge on any atom is -0.497 e. The number of ether oxygens (including phenoxy) is 1. The topological polar surface area (TPSA) is 90.5 Å². The van der Waals surface area contributed by atoms with Gasteiger partial charge in [0.15, 0.2) is 0 Å². The zero-order valence-corrected chi connectivity index (χ0v) is 17.0. The molecule has 1 saturated heterocycles. The van der Waals surface area contributed by atoms with Crippen LogP contribution in [0.3, 0.4) is 0 Å². The second-order valence-electron chi connectivity index (χ2n) is 7.04. The number of rotatable bonds is 5. The molecule has 1 aliphatic rings. The van der Waals surface area contributed by atoms with Crippen molar-refractivity contribution in [3.63, 3.8) is 0 Å². The Kier molecular flexibility index (Phi) is 5.41. The van der Waals surface area contributed by atoms with Gasteiger partial charge in [0.1, 0.15) is 10.8 Å². The van der Waals surface area contributed by atoms with Gasteiger partial charge in [0.05, 0.1) is 29.6 Å². The Bertz CT molecular complexity index is 1130. The van der Waals surface area contributed by atoms with Crippen molar-refractivity contribution in [2.45, 2.75) is 12.3 Å². The monoisotopic (exact) mass is 426 g/mol. The molecule has 4 rings (SSSR count). The summed E-state index contributed by atoms with van der Waals surface area (Å²) in [4.78, 5) is 25.2. The Morgan fingerprint density at radius 2 is 1.87 bits per heavy atom. The van der Waals surface area contributed by atoms with Gasteiger partial charge in [0.2, 0.25) is 0 Å². The highest BCUT2D eigenvalue weighted by atomic mass is 35.5. The number of hydrogen-bond acceptors (Lipinski definition) is 6. The van der Waals surface area contributed by atoms with E-state index >= 15 is 0 Å². The summed E-state index contributed by atoms with van der Waals surface area (Å²) in [5, 5.41) is 15.1. The molecule has 1 aromatic heterocycles. The summed E-state index contributed by atoms with van der Waals surface area (Å²) in [6.07, 6.45) is 2.51. The molecule has 1 unspecified atom stereocenters. The van der Waals surface area contributed by atoms with Crippen LogP contribution in [0.25, 0.3) is 5.69 Å². The number of anilines is 1. The van der Waals surface area contributed by atoms with E-state index in [2.05, 4.69) is 22.1 Å². The van der Waals surface area contributed by atoms with E-state index in [9.17, 15) is 14.9 Å². The van der Waals surface area contributed by atoms with E-state index in [0.717, 1.165) is 29.9 Å². The van der Waals surface area contributed by atoms with E-state index < -0.39 is 10.5 Å². The molecule has 1 fully saturated rings. The van der Waals surface area contributed by atoms with Crippen LogP contribution in [0.2, 0.25) is 5.02 Å². The van der Waals surface area contributed by atoms with E-state index in [1.165, 1.54) is 29.8 Å². The second-order valence-corrected chi connectivity index (χ2v) is 7.42. The van der Waals surface area contributed by atoms with Crippen LogP contribution in [-0.2, 0) is 0 Å². The van der Waals surface area contributed by atoms with Crippen molar-refractivity contribution in [2.75, 3.05) is 25.1 Å². The third kappa shape index (κ3) is 3.73. The van der Waals surface area contributed by atoms with Gasteiger partial charge in [-0.2, -0.15) is 9.78 Å². The molecular weight excluding hydrogens is 408 g/mol. The SMILES string of the molecule is COc1ccc(C2CCN(c3cnn(-c4ccc([N+](=O)[O-])cc4)c(=O)c3Cl)C2)cc1.